The van der Waals surface area contributed by atoms with E-state index in [2.05, 4.69) is 41.1 Å². The topological polar surface area (TPSA) is 53.9 Å². The van der Waals surface area contributed by atoms with E-state index in [-0.39, 0.29) is 0 Å². The maximum Gasteiger partial charge on any atom is 0.137 e. The van der Waals surface area contributed by atoms with Gasteiger partial charge in [-0.25, -0.2) is 9.97 Å². The molecule has 5 nitrogen and oxygen atoms in total. The maximum absolute atomic E-state index is 4.74. The molecule has 0 saturated heterocycles. The van der Waals surface area contributed by atoms with Crippen LogP contribution in [0.2, 0.25) is 0 Å². The largest absolute Gasteiger partial charge is 0.373 e. The van der Waals surface area contributed by atoms with Gasteiger partial charge in [-0.2, -0.15) is 0 Å². The van der Waals surface area contributed by atoms with E-state index in [0.717, 1.165) is 29.6 Å². The summed E-state index contributed by atoms with van der Waals surface area (Å²) in [5.41, 5.74) is 2.28. The standard InChI is InChI=1S/C16H23N5/c1-11(2)14-19-15(17-4)12(3)16(20-14)21(5)10-13-6-8-18-9-7-13/h6-9,11H,10H2,1-5H3,(H,17,19,20). The molecule has 0 fully saturated rings. The Balaban J connectivity index is 2.35. The van der Waals surface area contributed by atoms with E-state index in [4.69, 9.17) is 4.98 Å². The smallest absolute Gasteiger partial charge is 0.137 e. The Hall–Kier alpha value is -2.17. The van der Waals surface area contributed by atoms with Crippen molar-refractivity contribution < 1.29 is 0 Å². The van der Waals surface area contributed by atoms with Crippen LogP contribution in [-0.4, -0.2) is 29.0 Å². The van der Waals surface area contributed by atoms with E-state index >= 15 is 0 Å². The van der Waals surface area contributed by atoms with Gasteiger partial charge in [-0.15, -0.1) is 0 Å². The summed E-state index contributed by atoms with van der Waals surface area (Å²) in [4.78, 5) is 15.5. The molecule has 0 aliphatic heterocycles. The molecule has 0 aliphatic rings. The van der Waals surface area contributed by atoms with Gasteiger partial charge in [-0.05, 0) is 24.6 Å². The summed E-state index contributed by atoms with van der Waals surface area (Å²) in [6, 6.07) is 4.05. The molecule has 0 saturated carbocycles. The third-order valence-corrected chi connectivity index (χ3v) is 3.42. The number of hydrogen-bond donors (Lipinski definition) is 1. The zero-order valence-electron chi connectivity index (χ0n) is 13.4. The maximum atomic E-state index is 4.74. The monoisotopic (exact) mass is 285 g/mol. The van der Waals surface area contributed by atoms with Crippen LogP contribution in [0.25, 0.3) is 0 Å². The zero-order valence-corrected chi connectivity index (χ0v) is 13.4. The lowest BCUT2D eigenvalue weighted by molar-refractivity contribution is 0.760. The highest BCUT2D eigenvalue weighted by Crippen LogP contribution is 2.26. The molecule has 21 heavy (non-hydrogen) atoms. The minimum atomic E-state index is 0.297. The highest BCUT2D eigenvalue weighted by atomic mass is 15.2. The van der Waals surface area contributed by atoms with E-state index in [0.29, 0.717) is 5.92 Å². The van der Waals surface area contributed by atoms with Crippen LogP contribution in [-0.2, 0) is 6.54 Å². The van der Waals surface area contributed by atoms with Crippen molar-refractivity contribution in [2.45, 2.75) is 33.2 Å². The molecular weight excluding hydrogens is 262 g/mol. The van der Waals surface area contributed by atoms with Crippen molar-refractivity contribution in [2.75, 3.05) is 24.3 Å². The number of rotatable bonds is 5. The molecule has 0 aromatic carbocycles. The Labute approximate surface area is 126 Å². The summed E-state index contributed by atoms with van der Waals surface area (Å²) < 4.78 is 0. The summed E-state index contributed by atoms with van der Waals surface area (Å²) in [5.74, 6) is 3.02. The number of hydrogen-bond acceptors (Lipinski definition) is 5. The van der Waals surface area contributed by atoms with E-state index in [1.54, 1.807) is 0 Å². The zero-order chi connectivity index (χ0) is 15.4. The summed E-state index contributed by atoms with van der Waals surface area (Å²) in [7, 11) is 3.95. The molecular formula is C16H23N5. The molecule has 112 valence electrons. The third kappa shape index (κ3) is 3.48. The molecule has 0 radical (unpaired) electrons. The van der Waals surface area contributed by atoms with Gasteiger partial charge in [0.1, 0.15) is 17.5 Å². The number of nitrogens with one attached hydrogen (secondary N) is 1. The van der Waals surface area contributed by atoms with Gasteiger partial charge >= 0.3 is 0 Å². The molecule has 2 aromatic heterocycles. The molecule has 2 heterocycles. The number of nitrogens with zero attached hydrogens (tertiary/aromatic N) is 4. The average molecular weight is 285 g/mol. The molecule has 0 spiro atoms. The Morgan fingerprint density at radius 3 is 2.43 bits per heavy atom. The van der Waals surface area contributed by atoms with Crippen molar-refractivity contribution in [1.82, 2.24) is 15.0 Å². The van der Waals surface area contributed by atoms with Gasteiger partial charge < -0.3 is 10.2 Å². The summed E-state index contributed by atoms with van der Waals surface area (Å²) >= 11 is 0. The van der Waals surface area contributed by atoms with Crippen LogP contribution >= 0.6 is 0 Å². The Morgan fingerprint density at radius 1 is 1.19 bits per heavy atom. The molecule has 0 amide bonds. The molecule has 2 rings (SSSR count). The Kier molecular flexibility index (Phi) is 4.73. The molecule has 0 aliphatic carbocycles. The first-order valence-corrected chi connectivity index (χ1v) is 7.19. The molecule has 0 unspecified atom stereocenters. The van der Waals surface area contributed by atoms with Crippen molar-refractivity contribution in [1.29, 1.82) is 0 Å². The van der Waals surface area contributed by atoms with E-state index in [1.807, 2.05) is 38.5 Å². The first-order chi connectivity index (χ1) is 10.0. The first-order valence-electron chi connectivity index (χ1n) is 7.19. The Morgan fingerprint density at radius 2 is 1.86 bits per heavy atom. The second kappa shape index (κ2) is 6.52. The first kappa shape index (κ1) is 15.2. The van der Waals surface area contributed by atoms with Gasteiger partial charge in [0.2, 0.25) is 0 Å². The van der Waals surface area contributed by atoms with Crippen molar-refractivity contribution in [3.8, 4) is 0 Å². The lowest BCUT2D eigenvalue weighted by Gasteiger charge is -2.23. The van der Waals surface area contributed by atoms with E-state index in [9.17, 15) is 0 Å². The summed E-state index contributed by atoms with van der Waals surface area (Å²) in [6.45, 7) is 7.06. The van der Waals surface area contributed by atoms with Crippen molar-refractivity contribution in [2.24, 2.45) is 0 Å². The van der Waals surface area contributed by atoms with Crippen LogP contribution in [0.5, 0.6) is 0 Å². The van der Waals surface area contributed by atoms with Crippen LogP contribution in [0.1, 0.15) is 36.7 Å². The van der Waals surface area contributed by atoms with Gasteiger partial charge in [-0.3, -0.25) is 4.98 Å². The van der Waals surface area contributed by atoms with Crippen LogP contribution in [0, 0.1) is 6.92 Å². The third-order valence-electron chi connectivity index (χ3n) is 3.42. The fourth-order valence-electron chi connectivity index (χ4n) is 2.23. The van der Waals surface area contributed by atoms with Gasteiger partial charge in [0.25, 0.3) is 0 Å². The number of pyridine rings is 1. The second-order valence-corrected chi connectivity index (χ2v) is 5.50. The van der Waals surface area contributed by atoms with Crippen molar-refractivity contribution in [3.05, 3.63) is 41.5 Å². The minimum Gasteiger partial charge on any atom is -0.373 e. The normalized spacial score (nSPS) is 10.8. The van der Waals surface area contributed by atoms with Crippen molar-refractivity contribution >= 4 is 11.6 Å². The van der Waals surface area contributed by atoms with Crippen molar-refractivity contribution in [3.63, 3.8) is 0 Å². The summed E-state index contributed by atoms with van der Waals surface area (Å²) in [6.07, 6.45) is 3.63. The van der Waals surface area contributed by atoms with Gasteiger partial charge in [0.15, 0.2) is 0 Å². The molecule has 5 heteroatoms. The number of anilines is 2. The summed E-state index contributed by atoms with van der Waals surface area (Å²) in [5, 5.41) is 3.16. The fourth-order valence-corrected chi connectivity index (χ4v) is 2.23. The fraction of sp³-hybridized carbons (Fsp3) is 0.438. The minimum absolute atomic E-state index is 0.297. The second-order valence-electron chi connectivity index (χ2n) is 5.50. The van der Waals surface area contributed by atoms with Gasteiger partial charge in [0, 0.05) is 44.5 Å². The van der Waals surface area contributed by atoms with Gasteiger partial charge in [-0.1, -0.05) is 13.8 Å². The highest BCUT2D eigenvalue weighted by Gasteiger charge is 2.15. The molecule has 0 bridgehead atoms. The molecule has 2 aromatic rings. The SMILES string of the molecule is CNc1nc(C(C)C)nc(N(C)Cc2ccncc2)c1C. The lowest BCUT2D eigenvalue weighted by Crippen LogP contribution is -2.21. The predicted octanol–water partition coefficient (Wildman–Crippen LogP) is 2.98. The molecule has 1 N–H and O–H groups in total. The highest BCUT2D eigenvalue weighted by molar-refractivity contribution is 5.58. The van der Waals surface area contributed by atoms with E-state index in [1.165, 1.54) is 5.56 Å². The van der Waals surface area contributed by atoms with Crippen LogP contribution < -0.4 is 10.2 Å². The average Bonchev–Trinajstić information content (AvgIpc) is 2.48. The van der Waals surface area contributed by atoms with E-state index < -0.39 is 0 Å². The lowest BCUT2D eigenvalue weighted by atomic mass is 10.2. The van der Waals surface area contributed by atoms with Crippen LogP contribution in [0.4, 0.5) is 11.6 Å². The van der Waals surface area contributed by atoms with Gasteiger partial charge in [0.05, 0.1) is 0 Å². The predicted molar refractivity (Wildman–Crippen MR) is 86.7 cm³/mol. The molecule has 0 atom stereocenters. The quantitative estimate of drug-likeness (QED) is 0.915. The Bertz CT molecular complexity index is 595. The number of aromatic nitrogens is 3. The van der Waals surface area contributed by atoms with Crippen LogP contribution in [0.15, 0.2) is 24.5 Å². The van der Waals surface area contributed by atoms with Crippen LogP contribution in [0.3, 0.4) is 0 Å².